The number of thioether (sulfide) groups is 1. The minimum atomic E-state index is -0.0589. The Balaban J connectivity index is 2.46. The summed E-state index contributed by atoms with van der Waals surface area (Å²) >= 11 is 1.61. The van der Waals surface area contributed by atoms with Gasteiger partial charge in [-0.05, 0) is 18.6 Å². The fourth-order valence-electron chi connectivity index (χ4n) is 1.39. The number of hydrogen-bond acceptors (Lipinski definition) is 3. The molecule has 0 spiro atoms. The largest absolute Gasteiger partial charge is 0.301 e. The van der Waals surface area contributed by atoms with Gasteiger partial charge in [0.1, 0.15) is 0 Å². The Bertz CT molecular complexity index is 550. The Morgan fingerprint density at radius 2 is 2.19 bits per heavy atom. The van der Waals surface area contributed by atoms with Crippen LogP contribution < -0.4 is 5.56 Å². The zero-order valence-corrected chi connectivity index (χ0v) is 10.2. The van der Waals surface area contributed by atoms with Crippen molar-refractivity contribution in [2.75, 3.05) is 0 Å². The lowest BCUT2D eigenvalue weighted by Crippen LogP contribution is -2.10. The lowest BCUT2D eigenvalue weighted by molar-refractivity contribution is 0.886. The standard InChI is InChI=1S/C12H14N2OS/c1-3-8(2)16-12-13-10-7-5-4-6-9(10)11(15)14-12/h4-8H,3H2,1-2H3,(H,13,14,15)/t8-/m0/s1. The van der Waals surface area contributed by atoms with E-state index in [2.05, 4.69) is 23.8 Å². The van der Waals surface area contributed by atoms with Crippen LogP contribution in [0, 0.1) is 0 Å². The number of nitrogens with zero attached hydrogens (tertiary/aromatic N) is 1. The highest BCUT2D eigenvalue weighted by Gasteiger charge is 2.06. The molecule has 0 radical (unpaired) electrons. The van der Waals surface area contributed by atoms with Gasteiger partial charge in [-0.3, -0.25) is 4.79 Å². The number of rotatable bonds is 3. The third kappa shape index (κ3) is 2.27. The Labute approximate surface area is 98.3 Å². The Hall–Kier alpha value is -1.29. The van der Waals surface area contributed by atoms with Crippen LogP contribution in [0.4, 0.5) is 0 Å². The molecule has 84 valence electrons. The summed E-state index contributed by atoms with van der Waals surface area (Å²) in [5.41, 5.74) is 0.702. The highest BCUT2D eigenvalue weighted by atomic mass is 32.2. The second kappa shape index (κ2) is 4.70. The van der Waals surface area contributed by atoms with Gasteiger partial charge in [0.25, 0.3) is 5.56 Å². The molecule has 0 aliphatic rings. The molecular weight excluding hydrogens is 220 g/mol. The summed E-state index contributed by atoms with van der Waals surface area (Å²) in [5, 5.41) is 1.82. The maximum absolute atomic E-state index is 11.8. The summed E-state index contributed by atoms with van der Waals surface area (Å²) in [4.78, 5) is 19.0. The maximum atomic E-state index is 11.8. The van der Waals surface area contributed by atoms with E-state index in [4.69, 9.17) is 0 Å². The first-order chi connectivity index (χ1) is 7.70. The highest BCUT2D eigenvalue weighted by molar-refractivity contribution is 7.99. The van der Waals surface area contributed by atoms with Gasteiger partial charge in [0.2, 0.25) is 0 Å². The van der Waals surface area contributed by atoms with Gasteiger partial charge < -0.3 is 4.98 Å². The number of nitrogens with one attached hydrogen (secondary N) is 1. The summed E-state index contributed by atoms with van der Waals surface area (Å²) in [7, 11) is 0. The molecule has 0 unspecified atom stereocenters. The number of hydrogen-bond donors (Lipinski definition) is 1. The number of H-pyrrole nitrogens is 1. The molecule has 0 saturated heterocycles. The highest BCUT2D eigenvalue weighted by Crippen LogP contribution is 2.21. The van der Waals surface area contributed by atoms with Crippen molar-refractivity contribution in [3.63, 3.8) is 0 Å². The van der Waals surface area contributed by atoms with Crippen LogP contribution in [0.25, 0.3) is 10.9 Å². The lowest BCUT2D eigenvalue weighted by atomic mass is 10.2. The van der Waals surface area contributed by atoms with E-state index in [-0.39, 0.29) is 5.56 Å². The van der Waals surface area contributed by atoms with Crippen molar-refractivity contribution < 1.29 is 0 Å². The normalized spacial score (nSPS) is 12.9. The molecule has 2 rings (SSSR count). The van der Waals surface area contributed by atoms with Crippen LogP contribution in [0.15, 0.2) is 34.2 Å². The second-order valence-corrected chi connectivity index (χ2v) is 5.15. The summed E-state index contributed by atoms with van der Waals surface area (Å²) < 4.78 is 0. The predicted octanol–water partition coefficient (Wildman–Crippen LogP) is 2.81. The van der Waals surface area contributed by atoms with Crippen molar-refractivity contribution in [2.45, 2.75) is 30.7 Å². The van der Waals surface area contributed by atoms with E-state index in [1.54, 1.807) is 17.8 Å². The third-order valence-electron chi connectivity index (χ3n) is 2.48. The zero-order chi connectivity index (χ0) is 11.5. The quantitative estimate of drug-likeness (QED) is 0.656. The molecule has 1 N–H and O–H groups in total. The van der Waals surface area contributed by atoms with Gasteiger partial charge in [0, 0.05) is 5.25 Å². The van der Waals surface area contributed by atoms with Crippen LogP contribution in [-0.2, 0) is 0 Å². The molecule has 4 heteroatoms. The molecule has 0 aliphatic carbocycles. The van der Waals surface area contributed by atoms with E-state index >= 15 is 0 Å². The third-order valence-corrected chi connectivity index (χ3v) is 3.63. The molecule has 1 heterocycles. The predicted molar refractivity (Wildman–Crippen MR) is 68.0 cm³/mol. The minimum Gasteiger partial charge on any atom is -0.301 e. The second-order valence-electron chi connectivity index (χ2n) is 3.72. The number of para-hydroxylation sites is 1. The molecule has 0 fully saturated rings. The van der Waals surface area contributed by atoms with Crippen molar-refractivity contribution in [3.8, 4) is 0 Å². The first-order valence-corrected chi connectivity index (χ1v) is 6.24. The van der Waals surface area contributed by atoms with E-state index < -0.39 is 0 Å². The average molecular weight is 234 g/mol. The first kappa shape index (κ1) is 11.2. The van der Waals surface area contributed by atoms with Crippen molar-refractivity contribution in [1.29, 1.82) is 0 Å². The van der Waals surface area contributed by atoms with Gasteiger partial charge in [-0.15, -0.1) is 0 Å². The first-order valence-electron chi connectivity index (χ1n) is 5.36. The van der Waals surface area contributed by atoms with Gasteiger partial charge in [0.15, 0.2) is 5.16 Å². The fourth-order valence-corrected chi connectivity index (χ4v) is 2.25. The van der Waals surface area contributed by atoms with Crippen LogP contribution in [0.3, 0.4) is 0 Å². The van der Waals surface area contributed by atoms with Crippen LogP contribution in [0.2, 0.25) is 0 Å². The van der Waals surface area contributed by atoms with Crippen molar-refractivity contribution in [3.05, 3.63) is 34.6 Å². The Kier molecular flexibility index (Phi) is 3.29. The van der Waals surface area contributed by atoms with Crippen molar-refractivity contribution >= 4 is 22.7 Å². The van der Waals surface area contributed by atoms with E-state index in [0.29, 0.717) is 15.8 Å². The molecule has 16 heavy (non-hydrogen) atoms. The zero-order valence-electron chi connectivity index (χ0n) is 9.36. The monoisotopic (exact) mass is 234 g/mol. The number of benzene rings is 1. The van der Waals surface area contributed by atoms with Gasteiger partial charge >= 0.3 is 0 Å². The fraction of sp³-hybridized carbons (Fsp3) is 0.333. The molecule has 0 bridgehead atoms. The molecule has 3 nitrogen and oxygen atoms in total. The lowest BCUT2D eigenvalue weighted by Gasteiger charge is -2.07. The molecule has 1 atom stereocenters. The molecule has 0 saturated carbocycles. The molecular formula is C12H14N2OS. The number of fused-ring (bicyclic) bond motifs is 1. The van der Waals surface area contributed by atoms with E-state index in [1.807, 2.05) is 18.2 Å². The van der Waals surface area contributed by atoms with Crippen LogP contribution in [0.5, 0.6) is 0 Å². The molecule has 2 aromatic rings. The number of aromatic nitrogens is 2. The molecule has 1 aromatic heterocycles. The summed E-state index contributed by atoms with van der Waals surface area (Å²) in [5.74, 6) is 0. The molecule has 0 aliphatic heterocycles. The number of aromatic amines is 1. The topological polar surface area (TPSA) is 45.8 Å². The van der Waals surface area contributed by atoms with Gasteiger partial charge in [-0.25, -0.2) is 4.98 Å². The summed E-state index contributed by atoms with van der Waals surface area (Å²) in [6.45, 7) is 4.25. The van der Waals surface area contributed by atoms with E-state index in [1.165, 1.54) is 0 Å². The Morgan fingerprint density at radius 3 is 2.94 bits per heavy atom. The van der Waals surface area contributed by atoms with Gasteiger partial charge in [-0.1, -0.05) is 37.7 Å². The van der Waals surface area contributed by atoms with Crippen molar-refractivity contribution in [1.82, 2.24) is 9.97 Å². The SMILES string of the molecule is CC[C@H](C)Sc1nc2ccccc2c(=O)[nH]1. The van der Waals surface area contributed by atoms with Gasteiger partial charge in [-0.2, -0.15) is 0 Å². The van der Waals surface area contributed by atoms with Gasteiger partial charge in [0.05, 0.1) is 10.9 Å². The van der Waals surface area contributed by atoms with Crippen LogP contribution >= 0.6 is 11.8 Å². The van der Waals surface area contributed by atoms with E-state index in [9.17, 15) is 4.79 Å². The molecule has 1 aromatic carbocycles. The van der Waals surface area contributed by atoms with Crippen LogP contribution in [-0.4, -0.2) is 15.2 Å². The summed E-state index contributed by atoms with van der Waals surface area (Å²) in [6.07, 6.45) is 1.06. The minimum absolute atomic E-state index is 0.0589. The average Bonchev–Trinajstić information content (AvgIpc) is 2.29. The smallest absolute Gasteiger partial charge is 0.259 e. The van der Waals surface area contributed by atoms with E-state index in [0.717, 1.165) is 11.9 Å². The maximum Gasteiger partial charge on any atom is 0.259 e. The van der Waals surface area contributed by atoms with Crippen molar-refractivity contribution in [2.24, 2.45) is 0 Å². The molecule has 0 amide bonds. The van der Waals surface area contributed by atoms with Crippen LogP contribution in [0.1, 0.15) is 20.3 Å². The Morgan fingerprint density at radius 1 is 1.44 bits per heavy atom. The summed E-state index contributed by atoms with van der Waals surface area (Å²) in [6, 6.07) is 7.40.